The molecule has 0 heterocycles. The molecule has 0 atom stereocenters. The Hall–Kier alpha value is -1.10. The number of hydrogen-bond acceptors (Lipinski definition) is 3. The molecular weight excluding hydrogens is 284 g/mol. The Morgan fingerprint density at radius 3 is 2.76 bits per heavy atom. The molecule has 1 aliphatic carbocycles. The van der Waals surface area contributed by atoms with Crippen LogP contribution in [-0.4, -0.2) is 11.5 Å². The molecule has 5 heteroatoms. The highest BCUT2D eigenvalue weighted by Gasteiger charge is 2.40. The molecule has 17 heavy (non-hydrogen) atoms. The van der Waals surface area contributed by atoms with E-state index < -0.39 is 0 Å². The van der Waals surface area contributed by atoms with Gasteiger partial charge in [-0.15, -0.1) is 0 Å². The number of nitrogens with zero attached hydrogens (tertiary/aromatic N) is 1. The Morgan fingerprint density at radius 2 is 2.24 bits per heavy atom. The molecular formula is C12H15BrN2O2. The van der Waals surface area contributed by atoms with Crippen molar-refractivity contribution in [2.45, 2.75) is 26.2 Å². The summed E-state index contributed by atoms with van der Waals surface area (Å²) in [5.74, 6) is 0. The number of rotatable bonds is 5. The monoisotopic (exact) mass is 298 g/mol. The highest BCUT2D eigenvalue weighted by atomic mass is 79.9. The van der Waals surface area contributed by atoms with Gasteiger partial charge in [0.15, 0.2) is 0 Å². The molecule has 1 N–H and O–H groups in total. The van der Waals surface area contributed by atoms with Crippen molar-refractivity contribution in [2.24, 2.45) is 5.41 Å². The normalized spacial score (nSPS) is 16.6. The van der Waals surface area contributed by atoms with E-state index in [4.69, 9.17) is 0 Å². The van der Waals surface area contributed by atoms with Gasteiger partial charge in [0.25, 0.3) is 5.69 Å². The molecule has 0 aliphatic heterocycles. The lowest BCUT2D eigenvalue weighted by molar-refractivity contribution is -0.384. The van der Waals surface area contributed by atoms with E-state index in [0.717, 1.165) is 17.4 Å². The fourth-order valence-corrected chi connectivity index (χ4v) is 2.27. The van der Waals surface area contributed by atoms with E-state index in [1.165, 1.54) is 18.9 Å². The van der Waals surface area contributed by atoms with E-state index in [0.29, 0.717) is 11.1 Å². The zero-order valence-corrected chi connectivity index (χ0v) is 11.3. The number of nitro benzene ring substituents is 1. The molecule has 0 aromatic heterocycles. The molecule has 1 aromatic rings. The summed E-state index contributed by atoms with van der Waals surface area (Å²) in [6.45, 7) is 3.00. The fourth-order valence-electron chi connectivity index (χ4n) is 1.92. The molecule has 0 bridgehead atoms. The van der Waals surface area contributed by atoms with Crippen molar-refractivity contribution in [3.8, 4) is 0 Å². The summed E-state index contributed by atoms with van der Waals surface area (Å²) in [4.78, 5) is 10.6. The lowest BCUT2D eigenvalue weighted by atomic mass is 10.0. The Morgan fingerprint density at radius 1 is 1.53 bits per heavy atom. The van der Waals surface area contributed by atoms with Crippen molar-refractivity contribution in [3.63, 3.8) is 0 Å². The quantitative estimate of drug-likeness (QED) is 0.661. The third-order valence-corrected chi connectivity index (χ3v) is 4.01. The maximum Gasteiger partial charge on any atom is 0.293 e. The first-order chi connectivity index (χ1) is 8.06. The van der Waals surface area contributed by atoms with E-state index in [-0.39, 0.29) is 10.6 Å². The van der Waals surface area contributed by atoms with Gasteiger partial charge >= 0.3 is 0 Å². The highest BCUT2D eigenvalue weighted by molar-refractivity contribution is 9.10. The average Bonchev–Trinajstić information content (AvgIpc) is 3.08. The number of nitro groups is 1. The van der Waals surface area contributed by atoms with Crippen LogP contribution in [0.1, 0.15) is 26.2 Å². The lowest BCUT2D eigenvalue weighted by Crippen LogP contribution is -2.15. The second-order valence-electron chi connectivity index (χ2n) is 4.63. The third-order valence-electron chi connectivity index (χ3n) is 3.52. The van der Waals surface area contributed by atoms with Crippen LogP contribution >= 0.6 is 15.9 Å². The van der Waals surface area contributed by atoms with Gasteiger partial charge in [0.2, 0.25) is 0 Å². The summed E-state index contributed by atoms with van der Waals surface area (Å²) in [5.41, 5.74) is 1.12. The fraction of sp³-hybridized carbons (Fsp3) is 0.500. The third kappa shape index (κ3) is 2.77. The Kier molecular flexibility index (Phi) is 3.38. The minimum absolute atomic E-state index is 0.131. The molecule has 0 amide bonds. The molecule has 0 unspecified atom stereocenters. The predicted octanol–water partition coefficient (Wildman–Crippen LogP) is 3.96. The van der Waals surface area contributed by atoms with Gasteiger partial charge in [-0.2, -0.15) is 0 Å². The van der Waals surface area contributed by atoms with Crippen LogP contribution in [0.3, 0.4) is 0 Å². The second kappa shape index (κ2) is 4.64. The Labute approximate surface area is 109 Å². The van der Waals surface area contributed by atoms with E-state index in [1.54, 1.807) is 6.07 Å². The standard InChI is InChI=1S/C12H15BrN2O2/c1-2-12(5-6-12)8-14-10-4-3-9(13)7-11(10)15(16)17/h3-4,7,14H,2,5-6,8H2,1H3. The summed E-state index contributed by atoms with van der Waals surface area (Å²) in [7, 11) is 0. The van der Waals surface area contributed by atoms with Gasteiger partial charge < -0.3 is 5.32 Å². The molecule has 1 saturated carbocycles. The zero-order chi connectivity index (χ0) is 12.5. The van der Waals surface area contributed by atoms with E-state index in [9.17, 15) is 10.1 Å². The average molecular weight is 299 g/mol. The van der Waals surface area contributed by atoms with Gasteiger partial charge in [-0.1, -0.05) is 22.9 Å². The van der Waals surface area contributed by atoms with Crippen molar-refractivity contribution in [3.05, 3.63) is 32.8 Å². The van der Waals surface area contributed by atoms with E-state index in [1.807, 2.05) is 6.07 Å². The smallest absolute Gasteiger partial charge is 0.293 e. The minimum atomic E-state index is -0.349. The number of hydrogen-bond donors (Lipinski definition) is 1. The predicted molar refractivity (Wildman–Crippen MR) is 71.2 cm³/mol. The van der Waals surface area contributed by atoms with Crippen LogP contribution in [0.5, 0.6) is 0 Å². The first kappa shape index (κ1) is 12.4. The van der Waals surface area contributed by atoms with Crippen LogP contribution in [0.15, 0.2) is 22.7 Å². The van der Waals surface area contributed by atoms with Crippen molar-refractivity contribution < 1.29 is 4.92 Å². The largest absolute Gasteiger partial charge is 0.379 e. The molecule has 1 aromatic carbocycles. The van der Waals surface area contributed by atoms with Crippen LogP contribution in [0.2, 0.25) is 0 Å². The van der Waals surface area contributed by atoms with Gasteiger partial charge in [-0.05, 0) is 36.8 Å². The summed E-state index contributed by atoms with van der Waals surface area (Å²) in [6.07, 6.45) is 3.58. The van der Waals surface area contributed by atoms with Crippen LogP contribution in [0.25, 0.3) is 0 Å². The molecule has 2 rings (SSSR count). The number of benzene rings is 1. The highest BCUT2D eigenvalue weighted by Crippen LogP contribution is 2.48. The Balaban J connectivity index is 2.12. The Bertz CT molecular complexity index is 444. The molecule has 1 fully saturated rings. The second-order valence-corrected chi connectivity index (χ2v) is 5.54. The number of halogens is 1. The molecule has 4 nitrogen and oxygen atoms in total. The van der Waals surface area contributed by atoms with Gasteiger partial charge in [-0.3, -0.25) is 10.1 Å². The lowest BCUT2D eigenvalue weighted by Gasteiger charge is -2.14. The molecule has 0 saturated heterocycles. The molecule has 92 valence electrons. The SMILES string of the molecule is CCC1(CNc2ccc(Br)cc2[N+](=O)[O-])CC1. The number of nitrogens with one attached hydrogen (secondary N) is 1. The van der Waals surface area contributed by atoms with Crippen molar-refractivity contribution in [2.75, 3.05) is 11.9 Å². The van der Waals surface area contributed by atoms with Gasteiger partial charge in [-0.25, -0.2) is 0 Å². The summed E-state index contributed by atoms with van der Waals surface area (Å²) >= 11 is 3.25. The van der Waals surface area contributed by atoms with Crippen molar-refractivity contribution in [1.29, 1.82) is 0 Å². The van der Waals surface area contributed by atoms with E-state index >= 15 is 0 Å². The minimum Gasteiger partial charge on any atom is -0.379 e. The van der Waals surface area contributed by atoms with Gasteiger partial charge in [0.05, 0.1) is 4.92 Å². The first-order valence-corrected chi connectivity index (χ1v) is 6.53. The van der Waals surface area contributed by atoms with Gasteiger partial charge in [0.1, 0.15) is 5.69 Å². The topological polar surface area (TPSA) is 55.2 Å². The van der Waals surface area contributed by atoms with Crippen LogP contribution in [0.4, 0.5) is 11.4 Å². The first-order valence-electron chi connectivity index (χ1n) is 5.74. The maximum absolute atomic E-state index is 10.9. The summed E-state index contributed by atoms with van der Waals surface area (Å²) in [5, 5.41) is 14.1. The van der Waals surface area contributed by atoms with Crippen LogP contribution in [0, 0.1) is 15.5 Å². The van der Waals surface area contributed by atoms with Crippen LogP contribution in [-0.2, 0) is 0 Å². The summed E-state index contributed by atoms with van der Waals surface area (Å²) in [6, 6.07) is 5.11. The van der Waals surface area contributed by atoms with Crippen LogP contribution < -0.4 is 5.32 Å². The maximum atomic E-state index is 10.9. The van der Waals surface area contributed by atoms with Crippen molar-refractivity contribution in [1.82, 2.24) is 0 Å². The van der Waals surface area contributed by atoms with Crippen molar-refractivity contribution >= 4 is 27.3 Å². The number of anilines is 1. The van der Waals surface area contributed by atoms with Gasteiger partial charge in [0, 0.05) is 17.1 Å². The molecule has 0 radical (unpaired) electrons. The summed E-state index contributed by atoms with van der Waals surface area (Å²) < 4.78 is 0.728. The molecule has 0 spiro atoms. The van der Waals surface area contributed by atoms with E-state index in [2.05, 4.69) is 28.2 Å². The zero-order valence-electron chi connectivity index (χ0n) is 9.70. The molecule has 1 aliphatic rings.